The van der Waals surface area contributed by atoms with E-state index in [4.69, 9.17) is 11.6 Å². The van der Waals surface area contributed by atoms with E-state index in [1.54, 1.807) is 12.1 Å². The predicted octanol–water partition coefficient (Wildman–Crippen LogP) is 2.02. The highest BCUT2D eigenvalue weighted by Gasteiger charge is 2.33. The summed E-state index contributed by atoms with van der Waals surface area (Å²) < 4.78 is 37.6. The number of hydrogen-bond acceptors (Lipinski definition) is 5. The second-order valence-electron chi connectivity index (χ2n) is 7.88. The topological polar surface area (TPSA) is 60.9 Å². The second-order valence-corrected chi connectivity index (χ2v) is 10.5. The van der Waals surface area contributed by atoms with Crippen LogP contribution in [0.25, 0.3) is 0 Å². The van der Waals surface area contributed by atoms with Crippen LogP contribution in [0.2, 0.25) is 5.02 Å². The van der Waals surface area contributed by atoms with Crippen molar-refractivity contribution in [3.05, 3.63) is 34.6 Å². The minimum Gasteiger partial charge on any atom is -0.339 e. The van der Waals surface area contributed by atoms with Crippen molar-refractivity contribution in [1.29, 1.82) is 0 Å². The fourth-order valence-corrected chi connectivity index (χ4v) is 6.06. The Morgan fingerprint density at radius 3 is 2.59 bits per heavy atom. The van der Waals surface area contributed by atoms with Gasteiger partial charge in [0.2, 0.25) is 5.91 Å². The van der Waals surface area contributed by atoms with Gasteiger partial charge >= 0.3 is 0 Å². The molecule has 0 bridgehead atoms. The number of piperazine rings is 1. The molecule has 1 unspecified atom stereocenters. The highest BCUT2D eigenvalue weighted by Crippen LogP contribution is 2.22. The Hall–Kier alpha value is -1.22. The smallest absolute Gasteiger partial charge is 0.236 e. The fraction of sp³-hybridized carbons (Fsp3) is 0.650. The number of benzene rings is 1. The standard InChI is InChI=1S/C20H29ClFN3O3S/c1-2-7-25(16-6-12-29(27,28)15-16)14-20(26)24-10-8-23(9-11-24)13-17-18(21)4-3-5-19(17)22/h3-5,16H,2,6-15H2,1H3. The molecule has 6 nitrogen and oxygen atoms in total. The molecule has 9 heteroatoms. The SMILES string of the molecule is CCCN(CC(=O)N1CCN(Cc2c(F)cccc2Cl)CC1)C1CCS(=O)(=O)C1. The normalized spacial score (nSPS) is 22.3. The number of amides is 1. The first kappa shape index (κ1) is 22.5. The second kappa shape index (κ2) is 9.73. The molecule has 1 aromatic carbocycles. The summed E-state index contributed by atoms with van der Waals surface area (Å²) in [6.45, 7) is 5.90. The summed E-state index contributed by atoms with van der Waals surface area (Å²) in [5.74, 6) is 0.0879. The zero-order valence-electron chi connectivity index (χ0n) is 16.8. The van der Waals surface area contributed by atoms with Crippen LogP contribution in [0.4, 0.5) is 4.39 Å². The van der Waals surface area contributed by atoms with Gasteiger partial charge in [-0.05, 0) is 31.5 Å². The summed E-state index contributed by atoms with van der Waals surface area (Å²) in [5.41, 5.74) is 0.491. The largest absolute Gasteiger partial charge is 0.339 e. The molecule has 162 valence electrons. The zero-order valence-corrected chi connectivity index (χ0v) is 18.4. The van der Waals surface area contributed by atoms with Crippen molar-refractivity contribution in [3.8, 4) is 0 Å². The summed E-state index contributed by atoms with van der Waals surface area (Å²) >= 11 is 6.12. The first-order chi connectivity index (χ1) is 13.8. The van der Waals surface area contributed by atoms with Crippen molar-refractivity contribution in [2.24, 2.45) is 0 Å². The van der Waals surface area contributed by atoms with E-state index in [1.807, 2.05) is 16.7 Å². The molecule has 0 aromatic heterocycles. The number of rotatable bonds is 7. The molecule has 0 saturated carbocycles. The molecule has 2 saturated heterocycles. The molecule has 0 N–H and O–H groups in total. The van der Waals surface area contributed by atoms with E-state index in [1.165, 1.54) is 6.07 Å². The molecular weight excluding hydrogens is 417 g/mol. The van der Waals surface area contributed by atoms with Crippen LogP contribution in [-0.2, 0) is 21.2 Å². The molecule has 1 aromatic rings. The molecule has 0 spiro atoms. The number of hydrogen-bond donors (Lipinski definition) is 0. The van der Waals surface area contributed by atoms with Crippen molar-refractivity contribution < 1.29 is 17.6 Å². The van der Waals surface area contributed by atoms with Crippen molar-refractivity contribution in [2.75, 3.05) is 50.8 Å². The minimum absolute atomic E-state index is 0.0336. The molecule has 29 heavy (non-hydrogen) atoms. The van der Waals surface area contributed by atoms with Crippen LogP contribution in [-0.4, -0.2) is 85.8 Å². The van der Waals surface area contributed by atoms with E-state index in [2.05, 4.69) is 4.90 Å². The van der Waals surface area contributed by atoms with Crippen molar-refractivity contribution in [2.45, 2.75) is 32.4 Å². The Kier molecular flexibility index (Phi) is 7.53. The highest BCUT2D eigenvalue weighted by molar-refractivity contribution is 7.91. The Bertz CT molecular complexity index is 808. The molecule has 2 heterocycles. The molecule has 1 atom stereocenters. The van der Waals surface area contributed by atoms with Gasteiger partial charge in [-0.1, -0.05) is 24.6 Å². The van der Waals surface area contributed by atoms with Gasteiger partial charge in [-0.2, -0.15) is 0 Å². The maximum Gasteiger partial charge on any atom is 0.236 e. The quantitative estimate of drug-likeness (QED) is 0.642. The maximum atomic E-state index is 14.0. The molecule has 2 aliphatic rings. The fourth-order valence-electron chi connectivity index (χ4n) is 4.08. The molecule has 0 radical (unpaired) electrons. The predicted molar refractivity (Wildman–Crippen MR) is 112 cm³/mol. The monoisotopic (exact) mass is 445 g/mol. The third-order valence-corrected chi connectivity index (χ3v) is 7.85. The van der Waals surface area contributed by atoms with Crippen LogP contribution in [0, 0.1) is 5.82 Å². The van der Waals surface area contributed by atoms with E-state index in [0.29, 0.717) is 49.7 Å². The molecule has 2 fully saturated rings. The van der Waals surface area contributed by atoms with Gasteiger partial charge in [-0.25, -0.2) is 12.8 Å². The van der Waals surface area contributed by atoms with Crippen LogP contribution >= 0.6 is 11.6 Å². The van der Waals surface area contributed by atoms with Gasteiger partial charge in [0.1, 0.15) is 5.82 Å². The average molecular weight is 446 g/mol. The number of sulfone groups is 1. The van der Waals surface area contributed by atoms with Crippen LogP contribution in [0.3, 0.4) is 0 Å². The minimum atomic E-state index is -2.98. The summed E-state index contributed by atoms with van der Waals surface area (Å²) in [6, 6.07) is 4.63. The van der Waals surface area contributed by atoms with Crippen LogP contribution < -0.4 is 0 Å². The lowest BCUT2D eigenvalue weighted by Gasteiger charge is -2.36. The first-order valence-corrected chi connectivity index (χ1v) is 12.4. The van der Waals surface area contributed by atoms with E-state index in [0.717, 1.165) is 13.0 Å². The summed E-state index contributed by atoms with van der Waals surface area (Å²) in [4.78, 5) is 18.8. The third kappa shape index (κ3) is 5.90. The van der Waals surface area contributed by atoms with Gasteiger partial charge in [0.15, 0.2) is 9.84 Å². The van der Waals surface area contributed by atoms with E-state index in [9.17, 15) is 17.6 Å². The Balaban J connectivity index is 1.52. The van der Waals surface area contributed by atoms with Crippen LogP contribution in [0.1, 0.15) is 25.3 Å². The van der Waals surface area contributed by atoms with Gasteiger partial charge in [-0.15, -0.1) is 0 Å². The van der Waals surface area contributed by atoms with E-state index in [-0.39, 0.29) is 35.8 Å². The molecule has 2 aliphatic heterocycles. The molecule has 0 aliphatic carbocycles. The zero-order chi connectivity index (χ0) is 21.0. The number of carbonyl (C=O) groups excluding carboxylic acids is 1. The lowest BCUT2D eigenvalue weighted by Crippen LogP contribution is -2.52. The lowest BCUT2D eigenvalue weighted by molar-refractivity contribution is -0.134. The number of nitrogens with zero attached hydrogens (tertiary/aromatic N) is 3. The molecule has 1 amide bonds. The van der Waals surface area contributed by atoms with Gasteiger partial charge in [0.05, 0.1) is 18.1 Å². The van der Waals surface area contributed by atoms with Gasteiger partial charge in [-0.3, -0.25) is 14.6 Å². The maximum absolute atomic E-state index is 14.0. The summed E-state index contributed by atoms with van der Waals surface area (Å²) in [7, 11) is -2.98. The first-order valence-electron chi connectivity index (χ1n) is 10.2. The van der Waals surface area contributed by atoms with E-state index < -0.39 is 9.84 Å². The Morgan fingerprint density at radius 1 is 1.28 bits per heavy atom. The van der Waals surface area contributed by atoms with Crippen molar-refractivity contribution in [3.63, 3.8) is 0 Å². The molecule has 3 rings (SSSR count). The Labute approximate surface area is 177 Å². The number of carbonyl (C=O) groups is 1. The Morgan fingerprint density at radius 2 is 2.00 bits per heavy atom. The van der Waals surface area contributed by atoms with Crippen LogP contribution in [0.5, 0.6) is 0 Å². The molecular formula is C20H29ClFN3O3S. The summed E-state index contributed by atoms with van der Waals surface area (Å²) in [5, 5.41) is 0.422. The van der Waals surface area contributed by atoms with Crippen molar-refractivity contribution >= 4 is 27.3 Å². The van der Waals surface area contributed by atoms with Gasteiger partial charge in [0, 0.05) is 49.4 Å². The van der Waals surface area contributed by atoms with Crippen molar-refractivity contribution in [1.82, 2.24) is 14.7 Å². The number of halogens is 2. The van der Waals surface area contributed by atoms with Gasteiger partial charge < -0.3 is 4.90 Å². The highest BCUT2D eigenvalue weighted by atomic mass is 35.5. The van der Waals surface area contributed by atoms with Crippen LogP contribution in [0.15, 0.2) is 18.2 Å². The summed E-state index contributed by atoms with van der Waals surface area (Å²) in [6.07, 6.45) is 1.48. The average Bonchev–Trinajstić information content (AvgIpc) is 3.04. The van der Waals surface area contributed by atoms with Gasteiger partial charge in [0.25, 0.3) is 0 Å². The lowest BCUT2D eigenvalue weighted by atomic mass is 10.1. The third-order valence-electron chi connectivity index (χ3n) is 5.74. The van der Waals surface area contributed by atoms with E-state index >= 15 is 0 Å².